The van der Waals surface area contributed by atoms with Gasteiger partial charge in [-0.3, -0.25) is 9.59 Å². The summed E-state index contributed by atoms with van der Waals surface area (Å²) >= 11 is 0. The summed E-state index contributed by atoms with van der Waals surface area (Å²) in [6.07, 6.45) is 8.10. The van der Waals surface area contributed by atoms with E-state index in [1.165, 1.54) is 0 Å². The summed E-state index contributed by atoms with van der Waals surface area (Å²) in [5.41, 5.74) is 3.27. The zero-order valence-corrected chi connectivity index (χ0v) is 22.3. The summed E-state index contributed by atoms with van der Waals surface area (Å²) in [6.45, 7) is 2.37. The van der Waals surface area contributed by atoms with Crippen molar-refractivity contribution in [1.29, 1.82) is 0 Å². The van der Waals surface area contributed by atoms with Crippen LogP contribution in [0.1, 0.15) is 63.4 Å². The van der Waals surface area contributed by atoms with Crippen LogP contribution in [0, 0.1) is 6.92 Å². The van der Waals surface area contributed by atoms with Crippen LogP contribution in [0.15, 0.2) is 91.1 Å². The van der Waals surface area contributed by atoms with Gasteiger partial charge in [0.05, 0.1) is 5.69 Å². The lowest BCUT2D eigenvalue weighted by Crippen LogP contribution is -2.52. The van der Waals surface area contributed by atoms with Gasteiger partial charge in [0.15, 0.2) is 5.82 Å². The van der Waals surface area contributed by atoms with Crippen LogP contribution in [-0.2, 0) is 11.3 Å². The maximum absolute atomic E-state index is 13.4. The number of aromatic nitrogens is 2. The minimum Gasteiger partial charge on any atom is -0.480 e. The molecular formula is C33H31N3O4. The zero-order valence-electron chi connectivity index (χ0n) is 22.3. The molecule has 2 N–H and O–H groups in total. The van der Waals surface area contributed by atoms with Crippen molar-refractivity contribution < 1.29 is 19.5 Å². The van der Waals surface area contributed by atoms with E-state index < -0.39 is 17.4 Å². The van der Waals surface area contributed by atoms with E-state index in [0.29, 0.717) is 42.0 Å². The van der Waals surface area contributed by atoms with E-state index in [9.17, 15) is 19.5 Å². The first kappa shape index (κ1) is 26.8. The fourth-order valence-electron chi connectivity index (χ4n) is 5.06. The molecule has 7 heteroatoms. The molecule has 202 valence electrons. The highest BCUT2D eigenvalue weighted by atomic mass is 16.4. The molecule has 5 rings (SSSR count). The molecule has 1 aliphatic carbocycles. The van der Waals surface area contributed by atoms with Crippen LogP contribution in [0.25, 0.3) is 17.3 Å². The highest BCUT2D eigenvalue weighted by Gasteiger charge is 2.42. The lowest BCUT2D eigenvalue weighted by Gasteiger charge is -2.25. The molecule has 0 atom stereocenters. The molecule has 40 heavy (non-hydrogen) atoms. The van der Waals surface area contributed by atoms with Crippen LogP contribution in [0.4, 0.5) is 0 Å². The summed E-state index contributed by atoms with van der Waals surface area (Å²) in [7, 11) is 0. The average molecular weight is 534 g/mol. The number of imidazole rings is 1. The van der Waals surface area contributed by atoms with E-state index in [4.69, 9.17) is 4.98 Å². The Bertz CT molecular complexity index is 1560. The van der Waals surface area contributed by atoms with Crippen molar-refractivity contribution in [2.45, 2.75) is 44.7 Å². The molecule has 0 aliphatic heterocycles. The van der Waals surface area contributed by atoms with Crippen molar-refractivity contribution in [1.82, 2.24) is 14.9 Å². The Morgan fingerprint density at radius 1 is 0.950 bits per heavy atom. The Kier molecular flexibility index (Phi) is 7.73. The minimum absolute atomic E-state index is 0.159. The van der Waals surface area contributed by atoms with Gasteiger partial charge in [0.1, 0.15) is 5.54 Å². The van der Waals surface area contributed by atoms with Gasteiger partial charge in [-0.05, 0) is 37.5 Å². The molecular weight excluding hydrogens is 502 g/mol. The van der Waals surface area contributed by atoms with E-state index in [0.717, 1.165) is 29.5 Å². The second-order valence-corrected chi connectivity index (χ2v) is 10.2. The number of amides is 1. The Morgan fingerprint density at radius 2 is 1.68 bits per heavy atom. The summed E-state index contributed by atoms with van der Waals surface area (Å²) in [6, 6.07) is 24.2. The van der Waals surface area contributed by atoms with Crippen molar-refractivity contribution in [2.24, 2.45) is 0 Å². The number of carbonyl (C=O) groups is 3. The Morgan fingerprint density at radius 3 is 2.38 bits per heavy atom. The molecule has 1 aromatic heterocycles. The highest BCUT2D eigenvalue weighted by molar-refractivity contribution is 6.07. The average Bonchev–Trinajstić information content (AvgIpc) is 3.62. The largest absolute Gasteiger partial charge is 0.480 e. The number of rotatable bonds is 9. The summed E-state index contributed by atoms with van der Waals surface area (Å²) in [5.74, 6) is -1.20. The molecule has 0 spiro atoms. The normalized spacial score (nSPS) is 14.3. The van der Waals surface area contributed by atoms with Crippen LogP contribution in [0.2, 0.25) is 0 Å². The van der Waals surface area contributed by atoms with E-state index in [-0.39, 0.29) is 5.78 Å². The molecule has 1 fully saturated rings. The topological polar surface area (TPSA) is 101 Å². The van der Waals surface area contributed by atoms with Crippen LogP contribution in [0.5, 0.6) is 0 Å². The quantitative estimate of drug-likeness (QED) is 0.260. The first-order valence-corrected chi connectivity index (χ1v) is 13.4. The monoisotopic (exact) mass is 533 g/mol. The summed E-state index contributed by atoms with van der Waals surface area (Å²) < 4.78 is 1.83. The van der Waals surface area contributed by atoms with Gasteiger partial charge in [-0.2, -0.15) is 0 Å². The van der Waals surface area contributed by atoms with Crippen molar-refractivity contribution in [3.8, 4) is 11.3 Å². The van der Waals surface area contributed by atoms with Gasteiger partial charge in [0.2, 0.25) is 5.78 Å². The van der Waals surface area contributed by atoms with Crippen LogP contribution in [0.3, 0.4) is 0 Å². The highest BCUT2D eigenvalue weighted by Crippen LogP contribution is 2.30. The van der Waals surface area contributed by atoms with Gasteiger partial charge in [0, 0.05) is 29.4 Å². The Hall–Kier alpha value is -4.78. The van der Waals surface area contributed by atoms with Gasteiger partial charge in [-0.15, -0.1) is 0 Å². The molecule has 3 aromatic carbocycles. The number of aliphatic carboxylic acids is 1. The maximum Gasteiger partial charge on any atom is 0.329 e. The van der Waals surface area contributed by atoms with Crippen LogP contribution >= 0.6 is 0 Å². The molecule has 0 unspecified atom stereocenters. The first-order chi connectivity index (χ1) is 19.3. The maximum atomic E-state index is 13.4. The molecule has 4 aromatic rings. The Balaban J connectivity index is 1.37. The fourth-order valence-corrected chi connectivity index (χ4v) is 5.06. The predicted molar refractivity (Wildman–Crippen MR) is 154 cm³/mol. The number of hydrogen-bond acceptors (Lipinski definition) is 4. The van der Waals surface area contributed by atoms with Crippen LogP contribution < -0.4 is 5.32 Å². The number of hydrogen-bond donors (Lipinski definition) is 2. The van der Waals surface area contributed by atoms with E-state index in [1.807, 2.05) is 90.5 Å². The van der Waals surface area contributed by atoms with Gasteiger partial charge in [-0.1, -0.05) is 97.3 Å². The van der Waals surface area contributed by atoms with Gasteiger partial charge in [0.25, 0.3) is 5.91 Å². The number of benzene rings is 3. The van der Waals surface area contributed by atoms with E-state index in [1.54, 1.807) is 18.2 Å². The number of carboxylic acid groups (broad SMARTS) is 1. The second kappa shape index (κ2) is 11.5. The second-order valence-electron chi connectivity index (χ2n) is 10.2. The number of nitrogens with zero attached hydrogens (tertiary/aromatic N) is 2. The number of aryl methyl sites for hydroxylation is 1. The third-order valence-electron chi connectivity index (χ3n) is 7.34. The smallest absolute Gasteiger partial charge is 0.329 e. The predicted octanol–water partition coefficient (Wildman–Crippen LogP) is 5.93. The minimum atomic E-state index is -1.19. The summed E-state index contributed by atoms with van der Waals surface area (Å²) in [4.78, 5) is 42.9. The first-order valence-electron chi connectivity index (χ1n) is 13.4. The van der Waals surface area contributed by atoms with E-state index >= 15 is 0 Å². The van der Waals surface area contributed by atoms with Crippen molar-refractivity contribution >= 4 is 23.7 Å². The third kappa shape index (κ3) is 5.78. The lowest BCUT2D eigenvalue weighted by molar-refractivity contribution is -0.144. The number of carboxylic acids is 1. The number of carbonyl (C=O) groups excluding carboxylic acids is 2. The lowest BCUT2D eigenvalue weighted by atomic mass is 9.97. The molecule has 1 saturated carbocycles. The van der Waals surface area contributed by atoms with Crippen molar-refractivity contribution in [3.63, 3.8) is 0 Å². The molecule has 0 saturated heterocycles. The van der Waals surface area contributed by atoms with Gasteiger partial charge in [-0.25, -0.2) is 9.78 Å². The molecule has 0 bridgehead atoms. The number of allylic oxidation sites excluding steroid dienone is 1. The molecule has 1 amide bonds. The molecule has 1 aliphatic rings. The molecule has 1 heterocycles. The molecule has 7 nitrogen and oxygen atoms in total. The van der Waals surface area contributed by atoms with E-state index in [2.05, 4.69) is 5.32 Å². The SMILES string of the molecule is Cc1ccc(C(=O)c2nc(-c3ccccc3)cn2C/C=C/c2cccc(C(=O)NC3(C(=O)O)CCCC3)c2)cc1. The van der Waals surface area contributed by atoms with Crippen LogP contribution in [-0.4, -0.2) is 37.9 Å². The zero-order chi connectivity index (χ0) is 28.1. The summed E-state index contributed by atoms with van der Waals surface area (Å²) in [5, 5.41) is 12.5. The molecule has 0 radical (unpaired) electrons. The number of nitrogens with one attached hydrogen (secondary N) is 1. The number of ketones is 1. The van der Waals surface area contributed by atoms with Crippen molar-refractivity contribution in [3.05, 3.63) is 119 Å². The standard InChI is InChI=1S/C33H31N3O4/c1-23-14-16-26(17-15-23)29(37)30-34-28(25-11-3-2-4-12-25)22-36(30)20-8-10-24-9-7-13-27(21-24)31(38)35-33(32(39)40)18-5-6-19-33/h2-4,7-17,21-22H,5-6,18-20H2,1H3,(H,35,38)(H,39,40)/b10-8+. The van der Waals surface area contributed by atoms with Gasteiger partial charge < -0.3 is 15.0 Å². The third-order valence-corrected chi connectivity index (χ3v) is 7.34. The Labute approximate surface area is 233 Å². The fraction of sp³-hybridized carbons (Fsp3) is 0.212. The van der Waals surface area contributed by atoms with Crippen molar-refractivity contribution in [2.75, 3.05) is 0 Å². The van der Waals surface area contributed by atoms with Gasteiger partial charge >= 0.3 is 5.97 Å².